The standard InChI is InChI=1S/C19H18N2O4/c1-12-7-15-8-13(3-6-18(15)20-12)9-16(22)10-14-4-5-17(25-2)11-19(14)21(23)24/h3-6,8,11,20H,1,7,9-10H2,2H3. The van der Waals surface area contributed by atoms with Gasteiger partial charge in [0.05, 0.1) is 18.1 Å². The van der Waals surface area contributed by atoms with Gasteiger partial charge in [0.25, 0.3) is 5.69 Å². The number of rotatable bonds is 6. The molecule has 0 amide bonds. The minimum absolute atomic E-state index is 0.0162. The van der Waals surface area contributed by atoms with Crippen molar-refractivity contribution >= 4 is 17.2 Å². The highest BCUT2D eigenvalue weighted by Crippen LogP contribution is 2.29. The monoisotopic (exact) mass is 338 g/mol. The van der Waals surface area contributed by atoms with E-state index in [1.165, 1.54) is 13.2 Å². The third-order valence-corrected chi connectivity index (χ3v) is 4.16. The fourth-order valence-electron chi connectivity index (χ4n) is 2.98. The van der Waals surface area contributed by atoms with Crippen molar-refractivity contribution < 1.29 is 14.5 Å². The van der Waals surface area contributed by atoms with Gasteiger partial charge in [0.1, 0.15) is 11.5 Å². The van der Waals surface area contributed by atoms with E-state index in [0.29, 0.717) is 11.3 Å². The fourth-order valence-corrected chi connectivity index (χ4v) is 2.98. The van der Waals surface area contributed by atoms with Crippen molar-refractivity contribution in [2.24, 2.45) is 0 Å². The van der Waals surface area contributed by atoms with Crippen LogP contribution in [0.15, 0.2) is 48.7 Å². The van der Waals surface area contributed by atoms with Gasteiger partial charge in [0, 0.05) is 36.2 Å². The summed E-state index contributed by atoms with van der Waals surface area (Å²) in [7, 11) is 1.45. The van der Waals surface area contributed by atoms with Crippen LogP contribution < -0.4 is 10.1 Å². The predicted molar refractivity (Wildman–Crippen MR) is 95.0 cm³/mol. The van der Waals surface area contributed by atoms with Gasteiger partial charge in [-0.2, -0.15) is 0 Å². The highest BCUT2D eigenvalue weighted by Gasteiger charge is 2.19. The first-order valence-corrected chi connectivity index (χ1v) is 7.86. The lowest BCUT2D eigenvalue weighted by Crippen LogP contribution is -2.08. The molecule has 1 aliphatic heterocycles. The third kappa shape index (κ3) is 3.68. The van der Waals surface area contributed by atoms with Gasteiger partial charge in [0.15, 0.2) is 0 Å². The van der Waals surface area contributed by atoms with E-state index in [2.05, 4.69) is 11.9 Å². The summed E-state index contributed by atoms with van der Waals surface area (Å²) in [4.78, 5) is 23.1. The molecule has 0 fully saturated rings. The second-order valence-corrected chi connectivity index (χ2v) is 6.04. The van der Waals surface area contributed by atoms with Crippen LogP contribution in [0.25, 0.3) is 0 Å². The molecular weight excluding hydrogens is 320 g/mol. The predicted octanol–water partition coefficient (Wildman–Crippen LogP) is 3.44. The Hall–Kier alpha value is -3.15. The number of allylic oxidation sites excluding steroid dienone is 1. The molecule has 2 aromatic rings. The molecule has 6 heteroatoms. The molecule has 0 radical (unpaired) electrons. The zero-order chi connectivity index (χ0) is 18.0. The number of carbonyl (C=O) groups is 1. The molecule has 6 nitrogen and oxygen atoms in total. The molecule has 0 unspecified atom stereocenters. The molecular formula is C19H18N2O4. The summed E-state index contributed by atoms with van der Waals surface area (Å²) >= 11 is 0. The zero-order valence-corrected chi connectivity index (χ0v) is 13.9. The summed E-state index contributed by atoms with van der Waals surface area (Å²) in [6.45, 7) is 3.90. The van der Waals surface area contributed by atoms with Gasteiger partial charge < -0.3 is 10.1 Å². The lowest BCUT2D eigenvalue weighted by molar-refractivity contribution is -0.385. The lowest BCUT2D eigenvalue weighted by atomic mass is 9.99. The van der Waals surface area contributed by atoms with E-state index in [1.807, 2.05) is 18.2 Å². The van der Waals surface area contributed by atoms with Crippen molar-refractivity contribution in [1.29, 1.82) is 0 Å². The van der Waals surface area contributed by atoms with Gasteiger partial charge in [-0.1, -0.05) is 18.7 Å². The molecule has 25 heavy (non-hydrogen) atoms. The lowest BCUT2D eigenvalue weighted by Gasteiger charge is -2.06. The number of ketones is 1. The number of nitro benzene ring substituents is 1. The van der Waals surface area contributed by atoms with Gasteiger partial charge in [0.2, 0.25) is 0 Å². The summed E-state index contributed by atoms with van der Waals surface area (Å²) in [5.74, 6) is 0.326. The first-order chi connectivity index (χ1) is 12.0. The molecule has 0 atom stereocenters. The number of methoxy groups -OCH3 is 1. The van der Waals surface area contributed by atoms with Crippen molar-refractivity contribution in [2.45, 2.75) is 19.3 Å². The van der Waals surface area contributed by atoms with Crippen LogP contribution >= 0.6 is 0 Å². The molecule has 0 aliphatic carbocycles. The van der Waals surface area contributed by atoms with Gasteiger partial charge in [-0.3, -0.25) is 14.9 Å². The van der Waals surface area contributed by atoms with Crippen LogP contribution in [0, 0.1) is 10.1 Å². The molecule has 0 bridgehead atoms. The highest BCUT2D eigenvalue weighted by atomic mass is 16.6. The number of hydrogen-bond acceptors (Lipinski definition) is 5. The smallest absolute Gasteiger partial charge is 0.276 e. The Labute approximate surface area is 145 Å². The zero-order valence-electron chi connectivity index (χ0n) is 13.9. The average molecular weight is 338 g/mol. The van der Waals surface area contributed by atoms with Gasteiger partial charge in [-0.15, -0.1) is 0 Å². The van der Waals surface area contributed by atoms with Crippen LogP contribution in [0.2, 0.25) is 0 Å². The number of hydrogen-bond donors (Lipinski definition) is 1. The topological polar surface area (TPSA) is 81.5 Å². The minimum Gasteiger partial charge on any atom is -0.497 e. The van der Waals surface area contributed by atoms with Crippen LogP contribution in [0.3, 0.4) is 0 Å². The normalized spacial score (nSPS) is 12.4. The van der Waals surface area contributed by atoms with Gasteiger partial charge in [-0.05, 0) is 29.3 Å². The summed E-state index contributed by atoms with van der Waals surface area (Å²) < 4.78 is 5.01. The minimum atomic E-state index is -0.488. The molecule has 1 N–H and O–H groups in total. The Morgan fingerprint density at radius 1 is 1.28 bits per heavy atom. The number of fused-ring (bicyclic) bond motifs is 1. The van der Waals surface area contributed by atoms with Gasteiger partial charge in [-0.25, -0.2) is 0 Å². The molecule has 0 saturated heterocycles. The highest BCUT2D eigenvalue weighted by molar-refractivity contribution is 5.84. The third-order valence-electron chi connectivity index (χ3n) is 4.16. The van der Waals surface area contributed by atoms with Crippen LogP contribution in [-0.2, 0) is 24.1 Å². The van der Waals surface area contributed by atoms with Crippen molar-refractivity contribution in [3.05, 3.63) is 75.5 Å². The first-order valence-electron chi connectivity index (χ1n) is 7.86. The molecule has 1 heterocycles. The molecule has 0 aromatic heterocycles. The number of nitrogens with one attached hydrogen (secondary N) is 1. The number of benzene rings is 2. The van der Waals surface area contributed by atoms with E-state index in [-0.39, 0.29) is 24.3 Å². The molecule has 1 aliphatic rings. The van der Waals surface area contributed by atoms with E-state index in [4.69, 9.17) is 4.74 Å². The second kappa shape index (κ2) is 6.76. The van der Waals surface area contributed by atoms with Gasteiger partial charge >= 0.3 is 0 Å². The maximum absolute atomic E-state index is 12.4. The Morgan fingerprint density at radius 3 is 2.80 bits per heavy atom. The number of carbonyl (C=O) groups excluding carboxylic acids is 1. The van der Waals surface area contributed by atoms with E-state index in [1.54, 1.807) is 12.1 Å². The van der Waals surface area contributed by atoms with Crippen LogP contribution in [-0.4, -0.2) is 17.8 Å². The van der Waals surface area contributed by atoms with E-state index in [0.717, 1.165) is 28.9 Å². The van der Waals surface area contributed by atoms with E-state index < -0.39 is 4.92 Å². The maximum Gasteiger partial charge on any atom is 0.276 e. The average Bonchev–Trinajstić information content (AvgIpc) is 2.94. The van der Waals surface area contributed by atoms with E-state index in [9.17, 15) is 14.9 Å². The summed E-state index contributed by atoms with van der Waals surface area (Å²) in [6, 6.07) is 10.4. The molecule has 128 valence electrons. The van der Waals surface area contributed by atoms with Crippen LogP contribution in [0.1, 0.15) is 16.7 Å². The summed E-state index contributed by atoms with van der Waals surface area (Å²) in [5, 5.41) is 14.4. The molecule has 2 aromatic carbocycles. The van der Waals surface area contributed by atoms with Crippen LogP contribution in [0.5, 0.6) is 5.75 Å². The maximum atomic E-state index is 12.4. The van der Waals surface area contributed by atoms with Crippen molar-refractivity contribution in [2.75, 3.05) is 12.4 Å². The molecule has 0 spiro atoms. The fraction of sp³-hybridized carbons (Fsp3) is 0.211. The van der Waals surface area contributed by atoms with Crippen LogP contribution in [0.4, 0.5) is 11.4 Å². The summed E-state index contributed by atoms with van der Waals surface area (Å²) in [6.07, 6.45) is 1.01. The number of ether oxygens (including phenoxy) is 1. The number of nitro groups is 1. The quantitative estimate of drug-likeness (QED) is 0.644. The molecule has 0 saturated carbocycles. The largest absolute Gasteiger partial charge is 0.497 e. The Kier molecular flexibility index (Phi) is 4.52. The van der Waals surface area contributed by atoms with Crippen molar-refractivity contribution in [3.63, 3.8) is 0 Å². The Morgan fingerprint density at radius 2 is 2.08 bits per heavy atom. The Bertz CT molecular complexity index is 874. The van der Waals surface area contributed by atoms with Crippen molar-refractivity contribution in [3.8, 4) is 5.75 Å². The first kappa shape index (κ1) is 16.7. The summed E-state index contributed by atoms with van der Waals surface area (Å²) in [5.41, 5.74) is 4.27. The SMILES string of the molecule is C=C1Cc2cc(CC(=O)Cc3ccc(OC)cc3[N+](=O)[O-])ccc2N1. The molecule has 3 rings (SSSR count). The number of anilines is 1. The second-order valence-electron chi connectivity index (χ2n) is 6.04. The van der Waals surface area contributed by atoms with Crippen molar-refractivity contribution in [1.82, 2.24) is 0 Å². The Balaban J connectivity index is 1.74. The van der Waals surface area contributed by atoms with E-state index >= 15 is 0 Å². The number of nitrogens with zero attached hydrogens (tertiary/aromatic N) is 1. The number of Topliss-reactive ketones (excluding diaryl/α,β-unsaturated/α-hetero) is 1.